The normalized spacial score (nSPS) is 19.2. The SMILES string of the molecule is Cc1ccnc(N2N=CC(C(=O)O)C2=O)c1. The summed E-state index contributed by atoms with van der Waals surface area (Å²) in [6, 6.07) is 3.45. The second-order valence-electron chi connectivity index (χ2n) is 3.42. The van der Waals surface area contributed by atoms with Gasteiger partial charge >= 0.3 is 5.97 Å². The average molecular weight is 219 g/mol. The molecule has 1 N–H and O–H groups in total. The van der Waals surface area contributed by atoms with Crippen molar-refractivity contribution in [2.24, 2.45) is 11.0 Å². The van der Waals surface area contributed by atoms with Gasteiger partial charge in [-0.25, -0.2) is 4.98 Å². The van der Waals surface area contributed by atoms with Crippen LogP contribution in [0.1, 0.15) is 5.56 Å². The topological polar surface area (TPSA) is 82.9 Å². The van der Waals surface area contributed by atoms with Crippen LogP contribution < -0.4 is 5.01 Å². The molecule has 82 valence electrons. The number of hydrazone groups is 1. The minimum atomic E-state index is -1.21. The highest BCUT2D eigenvalue weighted by atomic mass is 16.4. The molecule has 1 aromatic heterocycles. The predicted molar refractivity (Wildman–Crippen MR) is 56.1 cm³/mol. The number of carbonyl (C=O) groups is 2. The second-order valence-corrected chi connectivity index (χ2v) is 3.42. The van der Waals surface area contributed by atoms with Gasteiger partial charge in [-0.2, -0.15) is 10.1 Å². The fourth-order valence-corrected chi connectivity index (χ4v) is 1.36. The second kappa shape index (κ2) is 3.73. The molecule has 6 nitrogen and oxygen atoms in total. The van der Waals surface area contributed by atoms with Crippen molar-refractivity contribution >= 4 is 23.9 Å². The summed E-state index contributed by atoms with van der Waals surface area (Å²) in [5.74, 6) is -2.66. The molecule has 0 aliphatic carbocycles. The number of carboxylic acids is 1. The molecule has 16 heavy (non-hydrogen) atoms. The molecule has 0 bridgehead atoms. The summed E-state index contributed by atoms with van der Waals surface area (Å²) in [5, 5.41) is 13.5. The summed E-state index contributed by atoms with van der Waals surface area (Å²) < 4.78 is 0. The van der Waals surface area contributed by atoms with Crippen LogP contribution in [-0.4, -0.2) is 28.2 Å². The Bertz CT molecular complexity index is 484. The molecule has 0 saturated carbocycles. The van der Waals surface area contributed by atoms with E-state index in [0.717, 1.165) is 16.8 Å². The highest BCUT2D eigenvalue weighted by Gasteiger charge is 2.35. The van der Waals surface area contributed by atoms with Gasteiger partial charge in [-0.1, -0.05) is 0 Å². The third-order valence-corrected chi connectivity index (χ3v) is 2.19. The molecule has 1 aliphatic rings. The van der Waals surface area contributed by atoms with Crippen LogP contribution in [0, 0.1) is 12.8 Å². The molecule has 2 heterocycles. The lowest BCUT2D eigenvalue weighted by Crippen LogP contribution is -2.31. The van der Waals surface area contributed by atoms with Crippen LogP contribution in [0.3, 0.4) is 0 Å². The minimum absolute atomic E-state index is 0.338. The maximum Gasteiger partial charge on any atom is 0.321 e. The van der Waals surface area contributed by atoms with Gasteiger partial charge in [0.2, 0.25) is 0 Å². The van der Waals surface area contributed by atoms with Gasteiger partial charge in [0.1, 0.15) is 0 Å². The molecular formula is C10H9N3O3. The fraction of sp³-hybridized carbons (Fsp3) is 0.200. The average Bonchev–Trinajstić information content (AvgIpc) is 2.60. The van der Waals surface area contributed by atoms with Gasteiger partial charge in [0.25, 0.3) is 5.91 Å². The quantitative estimate of drug-likeness (QED) is 0.731. The summed E-state index contributed by atoms with van der Waals surface area (Å²) in [6.45, 7) is 1.85. The van der Waals surface area contributed by atoms with E-state index in [0.29, 0.717) is 5.82 Å². The van der Waals surface area contributed by atoms with E-state index in [1.165, 1.54) is 0 Å². The Balaban J connectivity index is 2.29. The largest absolute Gasteiger partial charge is 0.480 e. The Morgan fingerprint density at radius 2 is 2.31 bits per heavy atom. The monoisotopic (exact) mass is 219 g/mol. The Morgan fingerprint density at radius 1 is 1.56 bits per heavy atom. The van der Waals surface area contributed by atoms with E-state index in [2.05, 4.69) is 10.1 Å². The van der Waals surface area contributed by atoms with Gasteiger partial charge in [0.05, 0.1) is 0 Å². The Morgan fingerprint density at radius 3 is 2.88 bits per heavy atom. The van der Waals surface area contributed by atoms with Gasteiger partial charge in [0, 0.05) is 12.4 Å². The first-order chi connectivity index (χ1) is 7.59. The van der Waals surface area contributed by atoms with E-state index in [1.54, 1.807) is 18.3 Å². The number of carbonyl (C=O) groups excluding carboxylic acids is 1. The molecule has 1 atom stereocenters. The van der Waals surface area contributed by atoms with Crippen molar-refractivity contribution in [3.8, 4) is 0 Å². The van der Waals surface area contributed by atoms with Crippen molar-refractivity contribution < 1.29 is 14.7 Å². The molecule has 6 heteroatoms. The van der Waals surface area contributed by atoms with Crippen LogP contribution >= 0.6 is 0 Å². The smallest absolute Gasteiger partial charge is 0.321 e. The van der Waals surface area contributed by atoms with E-state index in [1.807, 2.05) is 6.92 Å². The first-order valence-corrected chi connectivity index (χ1v) is 4.63. The maximum absolute atomic E-state index is 11.6. The zero-order chi connectivity index (χ0) is 11.7. The molecular weight excluding hydrogens is 210 g/mol. The number of aryl methyl sites for hydroxylation is 1. The summed E-state index contributed by atoms with van der Waals surface area (Å²) in [4.78, 5) is 26.3. The van der Waals surface area contributed by atoms with Gasteiger partial charge in [-0.3, -0.25) is 9.59 Å². The third kappa shape index (κ3) is 1.65. The molecule has 0 spiro atoms. The Kier molecular flexibility index (Phi) is 2.40. The van der Waals surface area contributed by atoms with Crippen LogP contribution in [0.4, 0.5) is 5.82 Å². The van der Waals surface area contributed by atoms with Crippen molar-refractivity contribution in [2.75, 3.05) is 5.01 Å². The number of aliphatic carboxylic acids is 1. The van der Waals surface area contributed by atoms with Gasteiger partial charge in [0.15, 0.2) is 11.7 Å². The van der Waals surface area contributed by atoms with E-state index >= 15 is 0 Å². The summed E-state index contributed by atoms with van der Waals surface area (Å²) >= 11 is 0. The molecule has 0 fully saturated rings. The molecule has 1 unspecified atom stereocenters. The number of hydrogen-bond donors (Lipinski definition) is 1. The van der Waals surface area contributed by atoms with Gasteiger partial charge < -0.3 is 5.11 Å². The number of anilines is 1. The van der Waals surface area contributed by atoms with Crippen LogP contribution in [0.2, 0.25) is 0 Å². The zero-order valence-electron chi connectivity index (χ0n) is 8.49. The number of carboxylic acid groups (broad SMARTS) is 1. The maximum atomic E-state index is 11.6. The molecule has 1 aromatic rings. The van der Waals surface area contributed by atoms with E-state index < -0.39 is 17.8 Å². The van der Waals surface area contributed by atoms with Gasteiger partial charge in [-0.15, -0.1) is 0 Å². The van der Waals surface area contributed by atoms with Gasteiger partial charge in [-0.05, 0) is 24.6 Å². The lowest BCUT2D eigenvalue weighted by atomic mass is 10.1. The fourth-order valence-electron chi connectivity index (χ4n) is 1.36. The van der Waals surface area contributed by atoms with E-state index in [-0.39, 0.29) is 0 Å². The van der Waals surface area contributed by atoms with Crippen molar-refractivity contribution in [3.05, 3.63) is 23.9 Å². The lowest BCUT2D eigenvalue weighted by Gasteiger charge is -2.11. The Hall–Kier alpha value is -2.24. The number of hydrogen-bond acceptors (Lipinski definition) is 4. The molecule has 2 rings (SSSR count). The molecule has 1 amide bonds. The molecule has 1 aliphatic heterocycles. The number of aromatic nitrogens is 1. The van der Waals surface area contributed by atoms with E-state index in [4.69, 9.17) is 5.11 Å². The van der Waals surface area contributed by atoms with Crippen LogP contribution in [0.15, 0.2) is 23.4 Å². The van der Waals surface area contributed by atoms with E-state index in [9.17, 15) is 9.59 Å². The number of amides is 1. The highest BCUT2D eigenvalue weighted by Crippen LogP contribution is 2.19. The van der Waals surface area contributed by atoms with Crippen molar-refractivity contribution in [2.45, 2.75) is 6.92 Å². The van der Waals surface area contributed by atoms with Crippen molar-refractivity contribution in [3.63, 3.8) is 0 Å². The number of nitrogens with zero attached hydrogens (tertiary/aromatic N) is 3. The van der Waals surface area contributed by atoms with Crippen LogP contribution in [0.25, 0.3) is 0 Å². The highest BCUT2D eigenvalue weighted by molar-refractivity contribution is 6.19. The standard InChI is InChI=1S/C10H9N3O3/c1-6-2-3-11-8(4-6)13-9(14)7(5-12-13)10(15)16/h2-5,7H,1H3,(H,15,16). The minimum Gasteiger partial charge on any atom is -0.480 e. The predicted octanol–water partition coefficient (Wildman–Crippen LogP) is 0.423. The van der Waals surface area contributed by atoms with Crippen molar-refractivity contribution in [1.29, 1.82) is 0 Å². The number of rotatable bonds is 2. The number of pyridine rings is 1. The summed E-state index contributed by atoms with van der Waals surface area (Å²) in [7, 11) is 0. The van der Waals surface area contributed by atoms with Crippen LogP contribution in [-0.2, 0) is 9.59 Å². The first kappa shape index (κ1) is 10.3. The lowest BCUT2D eigenvalue weighted by molar-refractivity contribution is -0.142. The van der Waals surface area contributed by atoms with Crippen molar-refractivity contribution in [1.82, 2.24) is 4.98 Å². The summed E-state index contributed by atoms with van der Waals surface area (Å²) in [5.41, 5.74) is 0.923. The first-order valence-electron chi connectivity index (χ1n) is 4.63. The molecule has 0 radical (unpaired) electrons. The molecule has 0 aromatic carbocycles. The Labute approximate surface area is 91.2 Å². The summed E-state index contributed by atoms with van der Waals surface area (Å²) in [6.07, 6.45) is 2.65. The van der Waals surface area contributed by atoms with Crippen LogP contribution in [0.5, 0.6) is 0 Å². The molecule has 0 saturated heterocycles. The zero-order valence-corrected chi connectivity index (χ0v) is 8.49. The third-order valence-electron chi connectivity index (χ3n) is 2.19.